The van der Waals surface area contributed by atoms with Crippen molar-refractivity contribution >= 4 is 22.9 Å². The van der Waals surface area contributed by atoms with Crippen molar-refractivity contribution in [2.75, 3.05) is 12.4 Å². The van der Waals surface area contributed by atoms with Crippen LogP contribution in [0.5, 0.6) is 0 Å². The smallest absolute Gasteiger partial charge is 0.251 e. The van der Waals surface area contributed by atoms with Gasteiger partial charge in [-0.25, -0.2) is 15.0 Å². The van der Waals surface area contributed by atoms with Gasteiger partial charge in [0.2, 0.25) is 0 Å². The molecule has 1 saturated heterocycles. The van der Waals surface area contributed by atoms with E-state index in [9.17, 15) is 15.0 Å². The minimum Gasteiger partial charge on any atom is -0.387 e. The Morgan fingerprint density at radius 1 is 1.19 bits per heavy atom. The zero-order valence-corrected chi connectivity index (χ0v) is 17.6. The van der Waals surface area contributed by atoms with Crippen molar-refractivity contribution in [2.24, 2.45) is 0 Å². The summed E-state index contributed by atoms with van der Waals surface area (Å²) in [6, 6.07) is 9.91. The van der Waals surface area contributed by atoms with Gasteiger partial charge in [0.25, 0.3) is 5.91 Å². The number of rotatable bonds is 6. The lowest BCUT2D eigenvalue weighted by Gasteiger charge is -2.17. The zero-order valence-electron chi connectivity index (χ0n) is 17.6. The van der Waals surface area contributed by atoms with Crippen molar-refractivity contribution in [1.82, 2.24) is 24.8 Å². The van der Waals surface area contributed by atoms with Gasteiger partial charge in [0.05, 0.1) is 6.33 Å². The lowest BCUT2D eigenvalue weighted by atomic mass is 10.1. The Hall–Kier alpha value is -3.08. The van der Waals surface area contributed by atoms with Gasteiger partial charge in [0.15, 0.2) is 29.3 Å². The summed E-state index contributed by atoms with van der Waals surface area (Å²) in [5, 5.41) is 26.6. The monoisotopic (exact) mass is 426 g/mol. The largest absolute Gasteiger partial charge is 0.387 e. The van der Waals surface area contributed by atoms with Crippen molar-refractivity contribution in [3.8, 4) is 0 Å². The molecule has 0 radical (unpaired) electrons. The summed E-state index contributed by atoms with van der Waals surface area (Å²) in [6.07, 6.45) is -3.42. The highest BCUT2D eigenvalue weighted by Gasteiger charge is 2.47. The Bertz CT molecular complexity index is 1070. The number of ether oxygens (including phenoxy) is 1. The second kappa shape index (κ2) is 8.58. The number of likely N-dealkylation sites (N-methyl/N-ethyl adjacent to an activating group) is 1. The molecule has 3 unspecified atom stereocenters. The molecule has 4 rings (SSSR count). The van der Waals surface area contributed by atoms with E-state index in [2.05, 4.69) is 25.6 Å². The van der Waals surface area contributed by atoms with E-state index in [1.165, 1.54) is 17.9 Å². The fourth-order valence-corrected chi connectivity index (χ4v) is 3.53. The van der Waals surface area contributed by atoms with Crippen LogP contribution < -0.4 is 10.6 Å². The molecule has 1 aliphatic rings. The first-order chi connectivity index (χ1) is 14.9. The normalized spacial score (nSPS) is 23.4. The molecule has 0 aliphatic carbocycles. The number of benzene rings is 1. The summed E-state index contributed by atoms with van der Waals surface area (Å²) >= 11 is 0. The molecular formula is C21H26N6O4. The summed E-state index contributed by atoms with van der Waals surface area (Å²) < 4.78 is 7.23. The maximum absolute atomic E-state index is 12.0. The van der Waals surface area contributed by atoms with E-state index in [-0.39, 0.29) is 5.92 Å². The number of carbonyl (C=O) groups is 1. The van der Waals surface area contributed by atoms with E-state index in [1.807, 2.05) is 44.2 Å². The number of aliphatic hydroxyl groups excluding tert-OH is 2. The number of hydrogen-bond donors (Lipinski definition) is 4. The van der Waals surface area contributed by atoms with Crippen LogP contribution in [-0.4, -0.2) is 61.0 Å². The van der Waals surface area contributed by atoms with E-state index < -0.39 is 30.4 Å². The molecule has 3 heterocycles. The first-order valence-electron chi connectivity index (χ1n) is 10.2. The third-order valence-corrected chi connectivity index (χ3v) is 5.28. The molecule has 10 heteroatoms. The molecule has 0 spiro atoms. The second-order valence-corrected chi connectivity index (χ2v) is 7.79. The van der Waals surface area contributed by atoms with Crippen LogP contribution in [0.4, 0.5) is 5.82 Å². The van der Waals surface area contributed by atoms with Crippen LogP contribution in [0, 0.1) is 0 Å². The number of anilines is 1. The van der Waals surface area contributed by atoms with E-state index >= 15 is 0 Å². The molecule has 31 heavy (non-hydrogen) atoms. The zero-order chi connectivity index (χ0) is 22.1. The highest BCUT2D eigenvalue weighted by molar-refractivity contribution is 5.83. The highest BCUT2D eigenvalue weighted by atomic mass is 16.6. The van der Waals surface area contributed by atoms with Crippen LogP contribution in [0.3, 0.4) is 0 Å². The van der Waals surface area contributed by atoms with E-state index in [0.717, 1.165) is 5.56 Å². The number of fused-ring (bicyclic) bond motifs is 1. The molecule has 3 aromatic rings. The lowest BCUT2D eigenvalue weighted by molar-refractivity contribution is -0.137. The molecule has 164 valence electrons. The maximum atomic E-state index is 12.0. The third kappa shape index (κ3) is 3.97. The minimum absolute atomic E-state index is 0.0450. The number of carbonyl (C=O) groups excluding carboxylic acids is 1. The van der Waals surface area contributed by atoms with Gasteiger partial charge >= 0.3 is 0 Å². The number of nitrogens with zero attached hydrogens (tertiary/aromatic N) is 4. The van der Waals surface area contributed by atoms with Gasteiger partial charge in [0, 0.05) is 19.5 Å². The van der Waals surface area contributed by atoms with Gasteiger partial charge in [-0.05, 0) is 5.56 Å². The second-order valence-electron chi connectivity index (χ2n) is 7.79. The number of aliphatic hydroxyl groups is 2. The molecule has 1 amide bonds. The molecule has 1 aromatic carbocycles. The molecule has 2 aromatic heterocycles. The van der Waals surface area contributed by atoms with E-state index in [4.69, 9.17) is 4.74 Å². The number of amides is 1. The van der Waals surface area contributed by atoms with Gasteiger partial charge < -0.3 is 25.6 Å². The lowest BCUT2D eigenvalue weighted by Crippen LogP contribution is -2.41. The molecule has 1 fully saturated rings. The Balaban J connectivity index is 1.71. The molecule has 1 aliphatic heterocycles. The van der Waals surface area contributed by atoms with Crippen LogP contribution >= 0.6 is 0 Å². The minimum atomic E-state index is -1.37. The Labute approximate surface area is 179 Å². The van der Waals surface area contributed by atoms with Crippen LogP contribution in [-0.2, 0) is 16.1 Å². The van der Waals surface area contributed by atoms with Crippen molar-refractivity contribution < 1.29 is 19.7 Å². The standard InChI is InChI=1S/C21H26N6O4/c1-11(2)17-25-18(23-9-12-7-5-4-6-8-12)13-19(26-17)27(10-24-13)21-15(29)14(28)16(31-21)20(30)22-3/h4-8,10-11,14-16,21,28-29H,9H2,1-3H3,(H,22,30)(H,23,25,26)/t14?,15?,16-,21?/m1/s1. The molecule has 0 saturated carbocycles. The van der Waals surface area contributed by atoms with E-state index in [1.54, 1.807) is 0 Å². The van der Waals surface area contributed by atoms with Crippen molar-refractivity contribution in [2.45, 2.75) is 50.8 Å². The van der Waals surface area contributed by atoms with Crippen molar-refractivity contribution in [3.63, 3.8) is 0 Å². The van der Waals surface area contributed by atoms with Gasteiger partial charge in [-0.2, -0.15) is 0 Å². The summed E-state index contributed by atoms with van der Waals surface area (Å²) in [4.78, 5) is 25.7. The summed E-state index contributed by atoms with van der Waals surface area (Å²) in [5.41, 5.74) is 2.04. The fourth-order valence-electron chi connectivity index (χ4n) is 3.53. The number of imidazole rings is 1. The first-order valence-corrected chi connectivity index (χ1v) is 10.2. The SMILES string of the molecule is CNC(=O)[C@@H]1OC(n2cnc3c(NCc4ccccc4)nc(C(C)C)nc32)C(O)C1O. The molecule has 4 N–H and O–H groups in total. The van der Waals surface area contributed by atoms with Gasteiger partial charge in [-0.1, -0.05) is 44.2 Å². The summed E-state index contributed by atoms with van der Waals surface area (Å²) in [5.74, 6) is 0.692. The van der Waals surface area contributed by atoms with Crippen LogP contribution in [0.25, 0.3) is 11.2 Å². The summed E-state index contributed by atoms with van der Waals surface area (Å²) in [7, 11) is 1.44. The van der Waals surface area contributed by atoms with Gasteiger partial charge in [0.1, 0.15) is 18.0 Å². The van der Waals surface area contributed by atoms with Gasteiger partial charge in [-0.3, -0.25) is 9.36 Å². The number of aromatic nitrogens is 4. The average Bonchev–Trinajstić information content (AvgIpc) is 3.33. The van der Waals surface area contributed by atoms with Crippen LogP contribution in [0.2, 0.25) is 0 Å². The average molecular weight is 426 g/mol. The molecule has 4 atom stereocenters. The Morgan fingerprint density at radius 3 is 2.61 bits per heavy atom. The Kier molecular flexibility index (Phi) is 5.86. The predicted octanol–water partition coefficient (Wildman–Crippen LogP) is 0.927. The van der Waals surface area contributed by atoms with E-state index in [0.29, 0.717) is 29.4 Å². The summed E-state index contributed by atoms with van der Waals surface area (Å²) in [6.45, 7) is 4.52. The van der Waals surface area contributed by atoms with Gasteiger partial charge in [-0.15, -0.1) is 0 Å². The molecule has 0 bridgehead atoms. The molecular weight excluding hydrogens is 400 g/mol. The van der Waals surface area contributed by atoms with Crippen LogP contribution in [0.1, 0.15) is 37.4 Å². The molecule has 10 nitrogen and oxygen atoms in total. The Morgan fingerprint density at radius 2 is 1.94 bits per heavy atom. The predicted molar refractivity (Wildman–Crippen MR) is 113 cm³/mol. The number of hydrogen-bond acceptors (Lipinski definition) is 8. The van der Waals surface area contributed by atoms with Crippen molar-refractivity contribution in [1.29, 1.82) is 0 Å². The quantitative estimate of drug-likeness (QED) is 0.457. The number of nitrogens with one attached hydrogen (secondary N) is 2. The fraction of sp³-hybridized carbons (Fsp3) is 0.429. The third-order valence-electron chi connectivity index (χ3n) is 5.28. The highest BCUT2D eigenvalue weighted by Crippen LogP contribution is 2.33. The van der Waals surface area contributed by atoms with Crippen molar-refractivity contribution in [3.05, 3.63) is 48.0 Å². The topological polar surface area (TPSA) is 134 Å². The first kappa shape index (κ1) is 21.2. The maximum Gasteiger partial charge on any atom is 0.251 e. The van der Waals surface area contributed by atoms with Crippen LogP contribution in [0.15, 0.2) is 36.7 Å².